The minimum absolute atomic E-state index is 0.0102. The van der Waals surface area contributed by atoms with Gasteiger partial charge in [0.1, 0.15) is 0 Å². The molecular formula is C16H24N4O2. The van der Waals surface area contributed by atoms with Gasteiger partial charge >= 0.3 is 5.69 Å². The fraction of sp³-hybridized carbons (Fsp3) is 0.438. The van der Waals surface area contributed by atoms with Gasteiger partial charge in [-0.15, -0.1) is 13.2 Å². The Hall–Kier alpha value is -2.21. The Morgan fingerprint density at radius 1 is 1.41 bits per heavy atom. The number of pyridine rings is 1. The molecule has 1 atom stereocenters. The van der Waals surface area contributed by atoms with Crippen molar-refractivity contribution in [2.24, 2.45) is 5.92 Å². The molecule has 0 fully saturated rings. The monoisotopic (exact) mass is 304 g/mol. The predicted molar refractivity (Wildman–Crippen MR) is 90.0 cm³/mol. The van der Waals surface area contributed by atoms with Crippen molar-refractivity contribution in [3.05, 3.63) is 53.8 Å². The molecule has 0 aliphatic heterocycles. The van der Waals surface area contributed by atoms with Crippen LogP contribution >= 0.6 is 0 Å². The first-order chi connectivity index (χ1) is 10.5. The number of nitrogens with zero attached hydrogens (tertiary/aromatic N) is 3. The lowest BCUT2D eigenvalue weighted by molar-refractivity contribution is -0.384. The van der Waals surface area contributed by atoms with Crippen molar-refractivity contribution in [2.75, 3.05) is 25.0 Å². The smallest absolute Gasteiger partial charge is 0.311 e. The van der Waals surface area contributed by atoms with Gasteiger partial charge in [-0.25, -0.2) is 4.98 Å². The summed E-state index contributed by atoms with van der Waals surface area (Å²) in [4.78, 5) is 16.9. The summed E-state index contributed by atoms with van der Waals surface area (Å²) in [5, 5.41) is 14.1. The Bertz CT molecular complexity index is 507. The van der Waals surface area contributed by atoms with Crippen LogP contribution in [0.2, 0.25) is 0 Å². The quantitative estimate of drug-likeness (QED) is 0.408. The molecule has 0 aromatic carbocycles. The van der Waals surface area contributed by atoms with Gasteiger partial charge in [0.25, 0.3) is 0 Å². The van der Waals surface area contributed by atoms with Crippen LogP contribution in [0, 0.1) is 16.0 Å². The normalized spacial score (nSPS) is 12.2. The summed E-state index contributed by atoms with van der Waals surface area (Å²) in [6.45, 7) is 13.9. The lowest BCUT2D eigenvalue weighted by atomic mass is 10.0. The van der Waals surface area contributed by atoms with Gasteiger partial charge in [0, 0.05) is 37.9 Å². The molecule has 1 unspecified atom stereocenters. The third-order valence-electron chi connectivity index (χ3n) is 3.43. The maximum atomic E-state index is 11.0. The molecule has 0 radical (unpaired) electrons. The van der Waals surface area contributed by atoms with Gasteiger partial charge in [-0.1, -0.05) is 26.0 Å². The first-order valence-corrected chi connectivity index (χ1v) is 7.30. The second kappa shape index (κ2) is 8.94. The molecule has 0 aliphatic carbocycles. The molecular weight excluding hydrogens is 280 g/mol. The highest BCUT2D eigenvalue weighted by Crippen LogP contribution is 2.21. The zero-order valence-corrected chi connectivity index (χ0v) is 13.2. The van der Waals surface area contributed by atoms with Gasteiger partial charge < -0.3 is 5.32 Å². The molecule has 0 aliphatic rings. The van der Waals surface area contributed by atoms with Crippen molar-refractivity contribution < 1.29 is 4.92 Å². The number of anilines is 1. The zero-order valence-electron chi connectivity index (χ0n) is 13.2. The van der Waals surface area contributed by atoms with Crippen LogP contribution in [-0.2, 0) is 0 Å². The molecule has 6 nitrogen and oxygen atoms in total. The number of nitrogens with one attached hydrogen (secondary N) is 1. The molecule has 1 aromatic rings. The van der Waals surface area contributed by atoms with Crippen LogP contribution in [0.4, 0.5) is 11.5 Å². The van der Waals surface area contributed by atoms with E-state index in [0.717, 1.165) is 13.1 Å². The van der Waals surface area contributed by atoms with Crippen LogP contribution < -0.4 is 5.32 Å². The number of nitro groups is 1. The van der Waals surface area contributed by atoms with E-state index in [1.54, 1.807) is 12.3 Å². The topological polar surface area (TPSA) is 71.3 Å². The van der Waals surface area contributed by atoms with Gasteiger partial charge in [-0.3, -0.25) is 15.0 Å². The minimum atomic E-state index is -0.426. The van der Waals surface area contributed by atoms with Crippen LogP contribution in [0.15, 0.2) is 43.6 Å². The lowest BCUT2D eigenvalue weighted by Gasteiger charge is -2.33. The van der Waals surface area contributed by atoms with Crippen LogP contribution in [0.3, 0.4) is 0 Å². The number of rotatable bonds is 10. The third-order valence-corrected chi connectivity index (χ3v) is 3.43. The SMILES string of the molecule is C=CCN(CC=C)C(CNc1ncccc1[N+](=O)[O-])C(C)C. The van der Waals surface area contributed by atoms with E-state index in [2.05, 4.69) is 42.2 Å². The first kappa shape index (κ1) is 17.8. The molecule has 120 valence electrons. The van der Waals surface area contributed by atoms with Crippen LogP contribution in [0.25, 0.3) is 0 Å². The fourth-order valence-electron chi connectivity index (χ4n) is 2.34. The van der Waals surface area contributed by atoms with Gasteiger partial charge in [-0.05, 0) is 12.0 Å². The van der Waals surface area contributed by atoms with Gasteiger partial charge in [0.15, 0.2) is 0 Å². The van der Waals surface area contributed by atoms with E-state index < -0.39 is 4.92 Å². The van der Waals surface area contributed by atoms with E-state index >= 15 is 0 Å². The maximum absolute atomic E-state index is 11.0. The summed E-state index contributed by atoms with van der Waals surface area (Å²) in [6.07, 6.45) is 5.25. The molecule has 1 N–H and O–H groups in total. The van der Waals surface area contributed by atoms with Crippen molar-refractivity contribution >= 4 is 11.5 Å². The fourth-order valence-corrected chi connectivity index (χ4v) is 2.34. The number of aromatic nitrogens is 1. The molecule has 0 amide bonds. The van der Waals surface area contributed by atoms with Gasteiger partial charge in [0.2, 0.25) is 5.82 Å². The van der Waals surface area contributed by atoms with Crippen LogP contribution in [-0.4, -0.2) is 40.5 Å². The van der Waals surface area contributed by atoms with Crippen molar-refractivity contribution in [1.82, 2.24) is 9.88 Å². The Morgan fingerprint density at radius 3 is 2.55 bits per heavy atom. The second-order valence-electron chi connectivity index (χ2n) is 5.35. The Labute approximate surface area is 131 Å². The van der Waals surface area contributed by atoms with E-state index in [0.29, 0.717) is 18.3 Å². The first-order valence-electron chi connectivity index (χ1n) is 7.30. The standard InChI is InChI=1S/C16H24N4O2/c1-5-10-19(11-6-2)15(13(3)4)12-18-16-14(20(21)22)8-7-9-17-16/h5-9,13,15H,1-2,10-12H2,3-4H3,(H,17,18). The highest BCUT2D eigenvalue weighted by atomic mass is 16.6. The zero-order chi connectivity index (χ0) is 16.5. The number of hydrogen-bond donors (Lipinski definition) is 1. The molecule has 0 bridgehead atoms. The third kappa shape index (κ3) is 4.96. The largest absolute Gasteiger partial charge is 0.363 e. The highest BCUT2D eigenvalue weighted by Gasteiger charge is 2.22. The molecule has 0 saturated heterocycles. The summed E-state index contributed by atoms with van der Waals surface area (Å²) in [7, 11) is 0. The van der Waals surface area contributed by atoms with Crippen molar-refractivity contribution in [3.63, 3.8) is 0 Å². The second-order valence-corrected chi connectivity index (χ2v) is 5.35. The Kier molecular flexibility index (Phi) is 7.25. The molecule has 1 rings (SSSR count). The molecule has 6 heteroatoms. The van der Waals surface area contributed by atoms with Gasteiger partial charge in [0.05, 0.1) is 4.92 Å². The van der Waals surface area contributed by atoms with E-state index in [9.17, 15) is 10.1 Å². The maximum Gasteiger partial charge on any atom is 0.311 e. The minimum Gasteiger partial charge on any atom is -0.363 e. The molecule has 0 spiro atoms. The van der Waals surface area contributed by atoms with Crippen molar-refractivity contribution in [1.29, 1.82) is 0 Å². The molecule has 22 heavy (non-hydrogen) atoms. The summed E-state index contributed by atoms with van der Waals surface area (Å²) in [5.41, 5.74) is -0.0102. The van der Waals surface area contributed by atoms with Crippen molar-refractivity contribution in [3.8, 4) is 0 Å². The van der Waals surface area contributed by atoms with E-state index in [-0.39, 0.29) is 11.7 Å². The van der Waals surface area contributed by atoms with Gasteiger partial charge in [-0.2, -0.15) is 0 Å². The summed E-state index contributed by atoms with van der Waals surface area (Å²) in [6, 6.07) is 3.20. The summed E-state index contributed by atoms with van der Waals surface area (Å²) < 4.78 is 0. The van der Waals surface area contributed by atoms with Crippen LogP contribution in [0.5, 0.6) is 0 Å². The van der Waals surface area contributed by atoms with Crippen molar-refractivity contribution in [2.45, 2.75) is 19.9 Å². The van der Waals surface area contributed by atoms with E-state index in [1.165, 1.54) is 6.07 Å². The average Bonchev–Trinajstić information content (AvgIpc) is 2.47. The van der Waals surface area contributed by atoms with E-state index in [4.69, 9.17) is 0 Å². The van der Waals surface area contributed by atoms with Crippen LogP contribution in [0.1, 0.15) is 13.8 Å². The molecule has 1 aromatic heterocycles. The van der Waals surface area contributed by atoms with E-state index in [1.807, 2.05) is 12.2 Å². The molecule has 1 heterocycles. The highest BCUT2D eigenvalue weighted by molar-refractivity contribution is 5.55. The Balaban J connectivity index is 2.86. The summed E-state index contributed by atoms with van der Waals surface area (Å²) >= 11 is 0. The summed E-state index contributed by atoms with van der Waals surface area (Å²) in [5.74, 6) is 0.672. The average molecular weight is 304 g/mol. The lowest BCUT2D eigenvalue weighted by Crippen LogP contribution is -2.44. The predicted octanol–water partition coefficient (Wildman–Crippen LogP) is 3.10. The number of hydrogen-bond acceptors (Lipinski definition) is 5. The molecule has 0 saturated carbocycles. The Morgan fingerprint density at radius 2 is 2.05 bits per heavy atom.